The second kappa shape index (κ2) is 5.59. The third-order valence-corrected chi connectivity index (χ3v) is 3.12. The van der Waals surface area contributed by atoms with Gasteiger partial charge in [0.1, 0.15) is 5.82 Å². The molecule has 1 atom stereocenters. The van der Waals surface area contributed by atoms with Crippen molar-refractivity contribution >= 4 is 23.3 Å². The third kappa shape index (κ3) is 3.27. The molecule has 2 N–H and O–H groups in total. The number of aryl methyl sites for hydroxylation is 1. The van der Waals surface area contributed by atoms with Crippen LogP contribution in [0.5, 0.6) is 0 Å². The Hall–Kier alpha value is -1.95. The number of carbonyl (C=O) groups excluding carboxylic acids is 1. The maximum absolute atomic E-state index is 11.7. The van der Waals surface area contributed by atoms with Crippen LogP contribution in [0.25, 0.3) is 6.08 Å². The summed E-state index contributed by atoms with van der Waals surface area (Å²) < 4.78 is 0. The minimum Gasteiger partial charge on any atom is -0.347 e. The Labute approximate surface area is 109 Å². The number of hydrogen-bond acceptors (Lipinski definition) is 4. The summed E-state index contributed by atoms with van der Waals surface area (Å²) in [6, 6.07) is -0.144. The summed E-state index contributed by atoms with van der Waals surface area (Å²) >= 11 is 1.56. The number of aromatic amines is 1. The van der Waals surface area contributed by atoms with Gasteiger partial charge in [-0.1, -0.05) is 0 Å². The van der Waals surface area contributed by atoms with Gasteiger partial charge in [0, 0.05) is 23.8 Å². The number of nitrogens with one attached hydrogen (secondary N) is 2. The molecule has 0 saturated carbocycles. The van der Waals surface area contributed by atoms with Gasteiger partial charge in [0.2, 0.25) is 5.91 Å². The smallest absolute Gasteiger partial charge is 0.244 e. The van der Waals surface area contributed by atoms with Gasteiger partial charge < -0.3 is 10.3 Å². The Morgan fingerprint density at radius 3 is 3.06 bits per heavy atom. The summed E-state index contributed by atoms with van der Waals surface area (Å²) in [5, 5.41) is 5.71. The fraction of sp³-hybridized carbons (Fsp3) is 0.250. The average molecular weight is 262 g/mol. The Balaban J connectivity index is 1.91. The monoisotopic (exact) mass is 262 g/mol. The van der Waals surface area contributed by atoms with Crippen LogP contribution in [0, 0.1) is 6.92 Å². The van der Waals surface area contributed by atoms with Crippen LogP contribution in [-0.4, -0.2) is 20.9 Å². The van der Waals surface area contributed by atoms with E-state index in [-0.39, 0.29) is 11.9 Å². The lowest BCUT2D eigenvalue weighted by molar-refractivity contribution is -0.117. The molecule has 0 radical (unpaired) electrons. The van der Waals surface area contributed by atoms with Crippen molar-refractivity contribution in [2.45, 2.75) is 19.9 Å². The molecule has 5 nitrogen and oxygen atoms in total. The van der Waals surface area contributed by atoms with E-state index in [2.05, 4.69) is 20.3 Å². The zero-order valence-electron chi connectivity index (χ0n) is 10.2. The van der Waals surface area contributed by atoms with Crippen molar-refractivity contribution < 1.29 is 4.79 Å². The Bertz CT molecular complexity index is 544. The van der Waals surface area contributed by atoms with Gasteiger partial charge >= 0.3 is 0 Å². The van der Waals surface area contributed by atoms with E-state index in [1.54, 1.807) is 29.8 Å². The van der Waals surface area contributed by atoms with Crippen molar-refractivity contribution in [3.8, 4) is 0 Å². The van der Waals surface area contributed by atoms with Crippen LogP contribution < -0.4 is 5.32 Å². The molecule has 2 heterocycles. The molecule has 0 bridgehead atoms. The Kier molecular flexibility index (Phi) is 3.88. The van der Waals surface area contributed by atoms with Gasteiger partial charge in [0.25, 0.3) is 0 Å². The lowest BCUT2D eigenvalue weighted by Crippen LogP contribution is -2.25. The van der Waals surface area contributed by atoms with Gasteiger partial charge in [-0.05, 0) is 19.9 Å². The number of aromatic nitrogens is 3. The molecule has 2 rings (SSSR count). The minimum atomic E-state index is -0.162. The SMILES string of the molecule is Cc1nc(/C=C/C(=O)NC(C)c2ncc[nH]2)cs1. The molecule has 0 fully saturated rings. The molecular weight excluding hydrogens is 248 g/mol. The first-order valence-corrected chi connectivity index (χ1v) is 6.43. The minimum absolute atomic E-state index is 0.144. The summed E-state index contributed by atoms with van der Waals surface area (Å²) in [7, 11) is 0. The van der Waals surface area contributed by atoms with Crippen molar-refractivity contribution in [1.82, 2.24) is 20.3 Å². The van der Waals surface area contributed by atoms with Crippen LogP contribution in [0.2, 0.25) is 0 Å². The quantitative estimate of drug-likeness (QED) is 0.829. The van der Waals surface area contributed by atoms with E-state index >= 15 is 0 Å². The van der Waals surface area contributed by atoms with Crippen molar-refractivity contribution in [2.24, 2.45) is 0 Å². The van der Waals surface area contributed by atoms with Crippen molar-refractivity contribution in [3.63, 3.8) is 0 Å². The van der Waals surface area contributed by atoms with Crippen LogP contribution in [0.3, 0.4) is 0 Å². The van der Waals surface area contributed by atoms with E-state index < -0.39 is 0 Å². The number of nitrogens with zero attached hydrogens (tertiary/aromatic N) is 2. The Morgan fingerprint density at radius 2 is 2.44 bits per heavy atom. The van der Waals surface area contributed by atoms with E-state index in [0.29, 0.717) is 0 Å². The van der Waals surface area contributed by atoms with Gasteiger partial charge in [0.05, 0.1) is 16.7 Å². The number of H-pyrrole nitrogens is 1. The average Bonchev–Trinajstić information content (AvgIpc) is 2.97. The molecule has 0 spiro atoms. The van der Waals surface area contributed by atoms with E-state index in [9.17, 15) is 4.79 Å². The van der Waals surface area contributed by atoms with E-state index in [0.717, 1.165) is 16.5 Å². The standard InChI is InChI=1S/C12H14N4OS/c1-8(12-13-5-6-14-12)15-11(17)4-3-10-7-18-9(2)16-10/h3-8H,1-2H3,(H,13,14)(H,15,17)/b4-3+. The summed E-state index contributed by atoms with van der Waals surface area (Å²) in [5.74, 6) is 0.575. The van der Waals surface area contributed by atoms with Gasteiger partial charge in [-0.3, -0.25) is 4.79 Å². The summed E-state index contributed by atoms with van der Waals surface area (Å²) in [4.78, 5) is 23.0. The fourth-order valence-corrected chi connectivity index (χ4v) is 2.04. The molecule has 0 aliphatic carbocycles. The molecule has 2 aromatic rings. The zero-order valence-corrected chi connectivity index (χ0v) is 11.0. The number of rotatable bonds is 4. The van der Waals surface area contributed by atoms with Crippen molar-refractivity contribution in [2.75, 3.05) is 0 Å². The summed E-state index contributed by atoms with van der Waals surface area (Å²) in [6.07, 6.45) is 6.57. The second-order valence-corrected chi connectivity index (χ2v) is 4.89. The summed E-state index contributed by atoms with van der Waals surface area (Å²) in [6.45, 7) is 3.80. The van der Waals surface area contributed by atoms with Crippen molar-refractivity contribution in [3.05, 3.63) is 40.4 Å². The predicted molar refractivity (Wildman–Crippen MR) is 71.0 cm³/mol. The van der Waals surface area contributed by atoms with Crippen LogP contribution in [0.15, 0.2) is 23.8 Å². The maximum atomic E-state index is 11.7. The van der Waals surface area contributed by atoms with Crippen LogP contribution in [0.1, 0.15) is 29.5 Å². The number of hydrogen-bond donors (Lipinski definition) is 2. The Morgan fingerprint density at radius 1 is 1.61 bits per heavy atom. The highest BCUT2D eigenvalue weighted by Crippen LogP contribution is 2.09. The number of carbonyl (C=O) groups is 1. The lowest BCUT2D eigenvalue weighted by atomic mass is 10.3. The molecule has 0 saturated heterocycles. The zero-order chi connectivity index (χ0) is 13.0. The van der Waals surface area contributed by atoms with E-state index in [1.807, 2.05) is 19.2 Å². The molecule has 6 heteroatoms. The van der Waals surface area contributed by atoms with E-state index in [1.165, 1.54) is 6.08 Å². The highest BCUT2D eigenvalue weighted by atomic mass is 32.1. The molecule has 2 aromatic heterocycles. The fourth-order valence-electron chi connectivity index (χ4n) is 1.46. The third-order valence-electron chi connectivity index (χ3n) is 2.33. The molecule has 1 unspecified atom stereocenters. The number of amides is 1. The van der Waals surface area contributed by atoms with Crippen LogP contribution >= 0.6 is 11.3 Å². The topological polar surface area (TPSA) is 70.7 Å². The maximum Gasteiger partial charge on any atom is 0.244 e. The molecule has 1 amide bonds. The number of imidazole rings is 1. The molecular formula is C12H14N4OS. The van der Waals surface area contributed by atoms with Gasteiger partial charge in [-0.2, -0.15) is 0 Å². The van der Waals surface area contributed by atoms with Gasteiger partial charge in [-0.25, -0.2) is 9.97 Å². The molecule has 94 valence electrons. The highest BCUT2D eigenvalue weighted by Gasteiger charge is 2.08. The lowest BCUT2D eigenvalue weighted by Gasteiger charge is -2.08. The molecule has 0 aliphatic rings. The van der Waals surface area contributed by atoms with Gasteiger partial charge in [-0.15, -0.1) is 11.3 Å². The summed E-state index contributed by atoms with van der Waals surface area (Å²) in [5.41, 5.74) is 0.804. The predicted octanol–water partition coefficient (Wildman–Crippen LogP) is 2.07. The van der Waals surface area contributed by atoms with Gasteiger partial charge in [0.15, 0.2) is 0 Å². The van der Waals surface area contributed by atoms with Crippen molar-refractivity contribution in [1.29, 1.82) is 0 Å². The first-order chi connectivity index (χ1) is 8.65. The first kappa shape index (κ1) is 12.5. The first-order valence-electron chi connectivity index (χ1n) is 5.55. The normalized spacial score (nSPS) is 12.8. The van der Waals surface area contributed by atoms with Crippen LogP contribution in [-0.2, 0) is 4.79 Å². The molecule has 0 aromatic carbocycles. The van der Waals surface area contributed by atoms with Crippen LogP contribution in [0.4, 0.5) is 0 Å². The number of thiazole rings is 1. The largest absolute Gasteiger partial charge is 0.347 e. The second-order valence-electron chi connectivity index (χ2n) is 3.83. The highest BCUT2D eigenvalue weighted by molar-refractivity contribution is 7.09. The molecule has 18 heavy (non-hydrogen) atoms. The molecule has 0 aliphatic heterocycles. The van der Waals surface area contributed by atoms with E-state index in [4.69, 9.17) is 0 Å².